The van der Waals surface area contributed by atoms with Gasteiger partial charge >= 0.3 is 12.2 Å². The summed E-state index contributed by atoms with van der Waals surface area (Å²) in [7, 11) is 1.51. The Kier molecular flexibility index (Phi) is 21.7. The molecule has 0 saturated carbocycles. The normalized spacial score (nSPS) is 21.7. The summed E-state index contributed by atoms with van der Waals surface area (Å²) >= 11 is 0. The van der Waals surface area contributed by atoms with Crippen molar-refractivity contribution in [3.8, 4) is 0 Å². The molecule has 1 unspecified atom stereocenters. The molecule has 7 atom stereocenters. The number of benzene rings is 5. The maximum absolute atomic E-state index is 15.9. The van der Waals surface area contributed by atoms with E-state index in [0.717, 1.165) is 22.8 Å². The highest BCUT2D eigenvalue weighted by atomic mass is 19.1. The van der Waals surface area contributed by atoms with Gasteiger partial charge in [-0.25, -0.2) is 18.4 Å². The summed E-state index contributed by atoms with van der Waals surface area (Å²) in [5.74, 6) is -3.28. The first-order valence-corrected chi connectivity index (χ1v) is 33.2. The zero-order valence-electron chi connectivity index (χ0n) is 57.0. The van der Waals surface area contributed by atoms with E-state index in [9.17, 15) is 33.2 Å². The van der Waals surface area contributed by atoms with Crippen molar-refractivity contribution < 1.29 is 61.3 Å². The SMILES string of the molecule is C[C@@H]1COCCN1C[C@H]1CN(C(=O)OC(C)(C)C)[C@H](C)CN1CC(=O)N1CC(C)(C(=O)Nc2ccc(NC(=O)c3ccc(F)c(NC(=O)[C@@H]4c5ccccc5CN4C[C@@H](NC(=O)[C@H](C)N(C)C(=O)OC(C)(C)C)C4CCOCC4)c3)cc2)c2ccc(Cc3ccc(F)cc3)cc21. The van der Waals surface area contributed by atoms with Crippen LogP contribution in [0.1, 0.15) is 126 Å². The molecule has 0 radical (unpaired) electrons. The Balaban J connectivity index is 0.821. The minimum absolute atomic E-state index is 0.00589. The van der Waals surface area contributed by atoms with Gasteiger partial charge in [0.05, 0.1) is 30.9 Å². The molecule has 4 N–H and O–H groups in total. The van der Waals surface area contributed by atoms with E-state index in [1.807, 2.05) is 75.1 Å². The van der Waals surface area contributed by atoms with Crippen LogP contribution in [-0.4, -0.2) is 187 Å². The topological polar surface area (TPSA) is 224 Å². The van der Waals surface area contributed by atoms with Gasteiger partial charge in [0.1, 0.15) is 34.9 Å². The second kappa shape index (κ2) is 29.6. The Morgan fingerprint density at radius 1 is 0.740 bits per heavy atom. The van der Waals surface area contributed by atoms with E-state index in [4.69, 9.17) is 18.9 Å². The van der Waals surface area contributed by atoms with Crippen LogP contribution < -0.4 is 26.2 Å². The molecule has 0 bridgehead atoms. The largest absolute Gasteiger partial charge is 0.444 e. The summed E-state index contributed by atoms with van der Waals surface area (Å²) in [5.41, 5.74) is 2.42. The number of morpholine rings is 1. The molecule has 21 nitrogen and oxygen atoms in total. The Labute approximate surface area is 561 Å². The molecule has 10 rings (SSSR count). The molecule has 5 aromatic carbocycles. The second-order valence-corrected chi connectivity index (χ2v) is 28.5. The maximum Gasteiger partial charge on any atom is 0.410 e. The molecule has 96 heavy (non-hydrogen) atoms. The van der Waals surface area contributed by atoms with Crippen LogP contribution >= 0.6 is 0 Å². The molecule has 514 valence electrons. The number of hydrogen-bond acceptors (Lipinski definition) is 14. The van der Waals surface area contributed by atoms with Crippen LogP contribution in [0.5, 0.6) is 0 Å². The molecule has 0 aromatic heterocycles. The average molecular weight is 1320 g/mol. The van der Waals surface area contributed by atoms with E-state index in [1.165, 1.54) is 36.2 Å². The minimum atomic E-state index is -1.25. The lowest BCUT2D eigenvalue weighted by molar-refractivity contribution is -0.127. The van der Waals surface area contributed by atoms with Crippen LogP contribution in [0.25, 0.3) is 0 Å². The predicted molar refractivity (Wildman–Crippen MR) is 362 cm³/mol. The number of nitrogens with zero attached hydrogens (tertiary/aromatic N) is 6. The Morgan fingerprint density at radius 3 is 2.10 bits per heavy atom. The van der Waals surface area contributed by atoms with E-state index in [0.29, 0.717) is 107 Å². The van der Waals surface area contributed by atoms with Crippen LogP contribution in [0, 0.1) is 17.6 Å². The summed E-state index contributed by atoms with van der Waals surface area (Å²) in [6.07, 6.45) is 0.700. The smallest absolute Gasteiger partial charge is 0.410 e. The first kappa shape index (κ1) is 70.5. The van der Waals surface area contributed by atoms with Gasteiger partial charge in [0.25, 0.3) is 5.91 Å². The number of hydrogen-bond donors (Lipinski definition) is 4. The number of carbonyl (C=O) groups is 7. The Morgan fingerprint density at radius 2 is 1.42 bits per heavy atom. The van der Waals surface area contributed by atoms with Crippen LogP contribution in [0.3, 0.4) is 0 Å². The Bertz CT molecular complexity index is 3670. The van der Waals surface area contributed by atoms with Crippen molar-refractivity contribution >= 4 is 64.5 Å². The predicted octanol–water partition coefficient (Wildman–Crippen LogP) is 9.74. The van der Waals surface area contributed by atoms with Crippen LogP contribution in [0.4, 0.5) is 41.1 Å². The lowest BCUT2D eigenvalue weighted by atomic mass is 9.83. The summed E-state index contributed by atoms with van der Waals surface area (Å²) in [6.45, 7) is 23.0. The van der Waals surface area contributed by atoms with Gasteiger partial charge in [-0.1, -0.05) is 48.5 Å². The van der Waals surface area contributed by atoms with Crippen molar-refractivity contribution in [1.29, 1.82) is 0 Å². The molecular weight excluding hydrogens is 1230 g/mol. The summed E-state index contributed by atoms with van der Waals surface area (Å²) < 4.78 is 52.7. The number of nitrogens with one attached hydrogen (secondary N) is 4. The summed E-state index contributed by atoms with van der Waals surface area (Å²) in [6, 6.07) is 27.0. The number of rotatable bonds is 18. The molecule has 3 saturated heterocycles. The molecule has 5 aromatic rings. The fraction of sp³-hybridized carbons (Fsp3) is 0.493. The highest BCUT2D eigenvalue weighted by Crippen LogP contribution is 2.43. The van der Waals surface area contributed by atoms with Gasteiger partial charge in [-0.3, -0.25) is 43.6 Å². The van der Waals surface area contributed by atoms with Gasteiger partial charge in [0.15, 0.2) is 0 Å². The van der Waals surface area contributed by atoms with Crippen LogP contribution in [-0.2, 0) is 56.5 Å². The maximum atomic E-state index is 15.9. The number of likely N-dealkylation sites (N-methyl/N-ethyl adjacent to an activating group) is 1. The zero-order valence-corrected chi connectivity index (χ0v) is 57.0. The van der Waals surface area contributed by atoms with Gasteiger partial charge in [-0.2, -0.15) is 0 Å². The fourth-order valence-electron chi connectivity index (χ4n) is 13.4. The molecule has 5 aliphatic heterocycles. The van der Waals surface area contributed by atoms with Crippen molar-refractivity contribution in [2.45, 2.75) is 148 Å². The van der Waals surface area contributed by atoms with Crippen molar-refractivity contribution in [3.63, 3.8) is 0 Å². The van der Waals surface area contributed by atoms with E-state index in [1.54, 1.807) is 80.8 Å². The lowest BCUT2D eigenvalue weighted by Gasteiger charge is -2.47. The molecule has 5 aliphatic rings. The number of ether oxygens (including phenoxy) is 4. The Hall–Kier alpha value is -8.35. The monoisotopic (exact) mass is 1320 g/mol. The quantitative estimate of drug-likeness (QED) is 0.0641. The standard InChI is InChI=1S/C73H92F2N10O11/c1-45-37-82(56(39-81-30-33-94-43-46(81)2)40-84(45)70(92)96-72(7,8)9)42-63(86)85-44-73(10,58-26-18-49(35-62(58)85)34-48-16-20-53(74)21-17-48)68(90)77-55-24-22-54(23-25-55)76-66(88)51-19-27-59(75)60(36-51)78-67(89)64-57-15-13-12-14-52(57)38-83(64)41-61(50-28-31-93-32-29-50)79-65(87)47(3)80(11)69(91)95-71(4,5)6/h12-27,35-36,45-47,50,56,61,64H,28-34,37-44H2,1-11H3,(H,76,88)(H,77,90)(H,78,89)(H,79,87)/t45-,46-,47+,56+,61-,64+,73?/m1/s1. The zero-order chi connectivity index (χ0) is 69.0. The average Bonchev–Trinajstić information content (AvgIpc) is 1.59. The molecule has 3 fully saturated rings. The van der Waals surface area contributed by atoms with Crippen molar-refractivity contribution in [3.05, 3.63) is 154 Å². The fourth-order valence-corrected chi connectivity index (χ4v) is 13.4. The molecular formula is C73H92F2N10O11. The minimum Gasteiger partial charge on any atom is -0.444 e. The van der Waals surface area contributed by atoms with Crippen LogP contribution in [0.15, 0.2) is 109 Å². The number of amides is 7. The van der Waals surface area contributed by atoms with E-state index >= 15 is 9.18 Å². The lowest BCUT2D eigenvalue weighted by Crippen LogP contribution is -2.64. The molecule has 5 heterocycles. The van der Waals surface area contributed by atoms with E-state index in [2.05, 4.69) is 38.0 Å². The summed E-state index contributed by atoms with van der Waals surface area (Å²) in [5, 5.41) is 11.9. The van der Waals surface area contributed by atoms with E-state index < -0.39 is 70.5 Å². The first-order chi connectivity index (χ1) is 45.5. The molecule has 0 aliphatic carbocycles. The van der Waals surface area contributed by atoms with Crippen molar-refractivity contribution in [2.75, 3.05) is 100 Å². The van der Waals surface area contributed by atoms with Crippen LogP contribution in [0.2, 0.25) is 0 Å². The third-order valence-corrected chi connectivity index (χ3v) is 18.9. The first-order valence-electron chi connectivity index (χ1n) is 33.2. The second-order valence-electron chi connectivity index (χ2n) is 28.5. The number of carbonyl (C=O) groups excluding carboxylic acids is 7. The third-order valence-electron chi connectivity index (χ3n) is 18.9. The number of fused-ring (bicyclic) bond motifs is 2. The van der Waals surface area contributed by atoms with Crippen molar-refractivity contribution in [2.24, 2.45) is 5.92 Å². The number of anilines is 4. The summed E-state index contributed by atoms with van der Waals surface area (Å²) in [4.78, 5) is 110. The van der Waals surface area contributed by atoms with E-state index in [-0.39, 0.29) is 72.6 Å². The third kappa shape index (κ3) is 16.9. The van der Waals surface area contributed by atoms with Gasteiger partial charge in [-0.15, -0.1) is 0 Å². The molecule has 0 spiro atoms. The highest BCUT2D eigenvalue weighted by Gasteiger charge is 2.48. The van der Waals surface area contributed by atoms with Gasteiger partial charge in [0.2, 0.25) is 23.6 Å². The highest BCUT2D eigenvalue weighted by molar-refractivity contribution is 6.08. The van der Waals surface area contributed by atoms with Gasteiger partial charge < -0.3 is 50.0 Å². The number of piperazine rings is 1. The van der Waals surface area contributed by atoms with Gasteiger partial charge in [-0.05, 0) is 183 Å². The number of halogens is 2. The molecule has 23 heteroatoms. The molecule has 7 amide bonds. The van der Waals surface area contributed by atoms with Crippen molar-refractivity contribution in [1.82, 2.24) is 29.8 Å². The van der Waals surface area contributed by atoms with Gasteiger partial charge in [0, 0.05) is 113 Å².